The van der Waals surface area contributed by atoms with Crippen molar-refractivity contribution in [3.8, 4) is 0 Å². The van der Waals surface area contributed by atoms with Crippen LogP contribution in [0.5, 0.6) is 0 Å². The van der Waals surface area contributed by atoms with Gasteiger partial charge in [-0.1, -0.05) is 19.9 Å². The van der Waals surface area contributed by atoms with Crippen molar-refractivity contribution in [1.29, 1.82) is 0 Å². The van der Waals surface area contributed by atoms with Crippen LogP contribution in [0.1, 0.15) is 65.7 Å². The molecule has 0 heterocycles. The molecule has 5 atom stereocenters. The summed E-state index contributed by atoms with van der Waals surface area (Å²) in [6, 6.07) is 0. The van der Waals surface area contributed by atoms with Crippen LogP contribution in [0.2, 0.25) is 0 Å². The fraction of sp³-hybridized carbons (Fsp3) is 0.762. The molecule has 0 amide bonds. The van der Waals surface area contributed by atoms with Crippen molar-refractivity contribution >= 4 is 5.78 Å². The number of rotatable bonds is 2. The van der Waals surface area contributed by atoms with Gasteiger partial charge in [0.15, 0.2) is 0 Å². The lowest BCUT2D eigenvalue weighted by molar-refractivity contribution is -0.131. The summed E-state index contributed by atoms with van der Waals surface area (Å²) in [5.41, 5.74) is 1.81. The zero-order valence-corrected chi connectivity index (χ0v) is 14.9. The highest BCUT2D eigenvalue weighted by atomic mass is 16.5. The molecule has 23 heavy (non-hydrogen) atoms. The van der Waals surface area contributed by atoms with Gasteiger partial charge in [0.25, 0.3) is 0 Å². The van der Waals surface area contributed by atoms with Crippen molar-refractivity contribution in [2.24, 2.45) is 28.6 Å². The number of ketones is 1. The maximum absolute atomic E-state index is 12.4. The van der Waals surface area contributed by atoms with Gasteiger partial charge in [0.2, 0.25) is 0 Å². The van der Waals surface area contributed by atoms with Gasteiger partial charge in [0.1, 0.15) is 5.78 Å². The summed E-state index contributed by atoms with van der Waals surface area (Å²) in [6.45, 7) is 7.58. The van der Waals surface area contributed by atoms with E-state index >= 15 is 0 Å². The van der Waals surface area contributed by atoms with Gasteiger partial charge < -0.3 is 4.74 Å². The third kappa shape index (κ3) is 2.09. The van der Waals surface area contributed by atoms with Gasteiger partial charge in [-0.25, -0.2) is 0 Å². The predicted molar refractivity (Wildman–Crippen MR) is 91.8 cm³/mol. The highest BCUT2D eigenvalue weighted by molar-refractivity contribution is 5.87. The second-order valence-electron chi connectivity index (χ2n) is 8.65. The molecule has 4 rings (SSSR count). The van der Waals surface area contributed by atoms with Gasteiger partial charge in [-0.15, -0.1) is 0 Å². The molecule has 0 aliphatic heterocycles. The Balaban J connectivity index is 1.67. The van der Waals surface area contributed by atoms with Crippen LogP contribution in [0.4, 0.5) is 0 Å². The highest BCUT2D eigenvalue weighted by Gasteiger charge is 2.58. The number of hydrogen-bond acceptors (Lipinski definition) is 2. The van der Waals surface area contributed by atoms with Crippen LogP contribution in [-0.2, 0) is 9.53 Å². The Kier molecular flexibility index (Phi) is 3.52. The maximum atomic E-state index is 12.4. The van der Waals surface area contributed by atoms with Crippen LogP contribution in [-0.4, -0.2) is 12.4 Å². The fourth-order valence-electron chi connectivity index (χ4n) is 6.37. The molecule has 0 bridgehead atoms. The average molecular weight is 314 g/mol. The number of carbonyl (C=O) groups excluding carboxylic acids is 1. The Morgan fingerprint density at radius 1 is 1.13 bits per heavy atom. The Bertz CT molecular complexity index is 587. The summed E-state index contributed by atoms with van der Waals surface area (Å²) in [7, 11) is 0. The average Bonchev–Trinajstić information content (AvgIpc) is 2.84. The number of allylic oxidation sites excluding steroid dienone is 4. The Morgan fingerprint density at radius 2 is 1.91 bits per heavy atom. The quantitative estimate of drug-likeness (QED) is 0.713. The van der Waals surface area contributed by atoms with E-state index in [0.717, 1.165) is 44.1 Å². The minimum absolute atomic E-state index is 0.0101. The third-order valence-electron chi connectivity index (χ3n) is 7.77. The molecule has 2 saturated carbocycles. The lowest BCUT2D eigenvalue weighted by atomic mass is 9.49. The van der Waals surface area contributed by atoms with Gasteiger partial charge in [-0.3, -0.25) is 4.79 Å². The Labute approximate surface area is 140 Å². The van der Waals surface area contributed by atoms with Crippen LogP contribution in [0.25, 0.3) is 0 Å². The summed E-state index contributed by atoms with van der Waals surface area (Å²) < 4.78 is 5.79. The number of carbonyl (C=O) groups is 1. The van der Waals surface area contributed by atoms with E-state index < -0.39 is 0 Å². The van der Waals surface area contributed by atoms with E-state index in [4.69, 9.17) is 4.74 Å². The van der Waals surface area contributed by atoms with Crippen LogP contribution in [0.3, 0.4) is 0 Å². The zero-order chi connectivity index (χ0) is 16.2. The van der Waals surface area contributed by atoms with Crippen LogP contribution in [0, 0.1) is 28.6 Å². The molecule has 0 aromatic heterocycles. The molecule has 0 spiro atoms. The third-order valence-corrected chi connectivity index (χ3v) is 7.77. The van der Waals surface area contributed by atoms with Crippen molar-refractivity contribution in [2.45, 2.75) is 65.7 Å². The summed E-state index contributed by atoms with van der Waals surface area (Å²) in [6.07, 6.45) is 12.6. The first kappa shape index (κ1) is 15.5. The number of Topliss-reactive ketones (excluding diaryl/α,β-unsaturated/α-hetero) is 1. The van der Waals surface area contributed by atoms with Gasteiger partial charge in [0.05, 0.1) is 12.4 Å². The molecular weight excluding hydrogens is 284 g/mol. The molecule has 0 aromatic carbocycles. The van der Waals surface area contributed by atoms with E-state index in [1.165, 1.54) is 30.6 Å². The lowest BCUT2D eigenvalue weighted by Gasteiger charge is -2.55. The van der Waals surface area contributed by atoms with Crippen molar-refractivity contribution in [3.05, 3.63) is 23.5 Å². The smallest absolute Gasteiger partial charge is 0.139 e. The zero-order valence-electron chi connectivity index (χ0n) is 14.9. The monoisotopic (exact) mass is 314 g/mol. The van der Waals surface area contributed by atoms with Gasteiger partial charge in [0, 0.05) is 18.3 Å². The molecule has 0 aromatic rings. The number of hydrogen-bond donors (Lipinski definition) is 0. The maximum Gasteiger partial charge on any atom is 0.139 e. The van der Waals surface area contributed by atoms with Crippen LogP contribution >= 0.6 is 0 Å². The molecule has 0 unspecified atom stereocenters. The lowest BCUT2D eigenvalue weighted by Crippen LogP contribution is -2.49. The summed E-state index contributed by atoms with van der Waals surface area (Å²) in [4.78, 5) is 12.4. The van der Waals surface area contributed by atoms with Crippen molar-refractivity contribution in [1.82, 2.24) is 0 Å². The first-order valence-electron chi connectivity index (χ1n) is 9.56. The molecule has 126 valence electrons. The SMILES string of the molecule is CCOC1=CC2=CC[C@H]3[C@H]4CCC(=O)[C@@]4(C)CC[C@@H]3[C@@]2(C)CC1. The first-order chi connectivity index (χ1) is 11.0. The van der Waals surface area contributed by atoms with E-state index in [9.17, 15) is 4.79 Å². The Hall–Kier alpha value is -1.05. The summed E-state index contributed by atoms with van der Waals surface area (Å²) in [5.74, 6) is 3.82. The van der Waals surface area contributed by atoms with Crippen LogP contribution < -0.4 is 0 Å². The molecule has 4 aliphatic rings. The van der Waals surface area contributed by atoms with Gasteiger partial charge in [-0.2, -0.15) is 0 Å². The van der Waals surface area contributed by atoms with E-state index in [0.29, 0.717) is 17.1 Å². The van der Waals surface area contributed by atoms with E-state index in [1.807, 2.05) is 0 Å². The fourth-order valence-corrected chi connectivity index (χ4v) is 6.37. The van der Waals surface area contributed by atoms with E-state index in [-0.39, 0.29) is 5.41 Å². The minimum atomic E-state index is -0.0101. The summed E-state index contributed by atoms with van der Waals surface area (Å²) in [5, 5.41) is 0. The largest absolute Gasteiger partial charge is 0.498 e. The number of fused-ring (bicyclic) bond motifs is 5. The standard InChI is InChI=1S/C21H30O2/c1-4-23-15-9-11-20(2)14(13-15)5-6-16-17-7-8-19(22)21(17,3)12-10-18(16)20/h5,13,16-18H,4,6-12H2,1-3H3/t16-,17+,18-,20-,21-/m0/s1. The molecule has 2 heteroatoms. The molecule has 2 nitrogen and oxygen atoms in total. The van der Waals surface area contributed by atoms with Crippen molar-refractivity contribution < 1.29 is 9.53 Å². The van der Waals surface area contributed by atoms with Gasteiger partial charge >= 0.3 is 0 Å². The van der Waals surface area contributed by atoms with Gasteiger partial charge in [-0.05, 0) is 73.8 Å². The van der Waals surface area contributed by atoms with Crippen molar-refractivity contribution in [2.75, 3.05) is 6.61 Å². The Morgan fingerprint density at radius 3 is 2.70 bits per heavy atom. The van der Waals surface area contributed by atoms with E-state index in [2.05, 4.69) is 32.9 Å². The molecule has 0 saturated heterocycles. The van der Waals surface area contributed by atoms with E-state index in [1.54, 1.807) is 0 Å². The van der Waals surface area contributed by atoms with Crippen molar-refractivity contribution in [3.63, 3.8) is 0 Å². The van der Waals surface area contributed by atoms with Crippen LogP contribution in [0.15, 0.2) is 23.5 Å². The second-order valence-corrected chi connectivity index (χ2v) is 8.65. The molecule has 2 fully saturated rings. The predicted octanol–water partition coefficient (Wildman–Crippen LogP) is 5.05. The molecule has 0 radical (unpaired) electrons. The second kappa shape index (κ2) is 5.22. The summed E-state index contributed by atoms with van der Waals surface area (Å²) >= 11 is 0. The highest BCUT2D eigenvalue weighted by Crippen LogP contribution is 2.63. The molecular formula is C21H30O2. The topological polar surface area (TPSA) is 26.3 Å². The normalized spacial score (nSPS) is 45.5. The first-order valence-corrected chi connectivity index (χ1v) is 9.56. The molecule has 4 aliphatic carbocycles. The minimum Gasteiger partial charge on any atom is -0.498 e. The number of ether oxygens (including phenoxy) is 1. The molecule has 0 N–H and O–H groups in total.